The molecule has 3 aliphatic heterocycles. The highest BCUT2D eigenvalue weighted by atomic mass is 127. The summed E-state index contributed by atoms with van der Waals surface area (Å²) in [7, 11) is 1.90. The molecule has 1 aromatic heterocycles. The van der Waals surface area contributed by atoms with E-state index < -0.39 is 41.1 Å². The Morgan fingerprint density at radius 3 is 2.25 bits per heavy atom. The Hall–Kier alpha value is -4.17. The van der Waals surface area contributed by atoms with Gasteiger partial charge in [0.2, 0.25) is 0 Å². The SMILES string of the molecule is C[n+]1cccc(N2CCC(=CC3=C(C(=O)OC(c4ccccc4)c4ccccc4)N4C(=O)[C@@H](NC(=O)OC(C)(C)C)[C@H]4SC3)C2=O)c1.[I-]. The van der Waals surface area contributed by atoms with Crippen molar-refractivity contribution in [1.82, 2.24) is 10.2 Å². The number of esters is 1. The van der Waals surface area contributed by atoms with E-state index in [1.54, 1.807) is 31.7 Å². The Bertz CT molecular complexity index is 1740. The van der Waals surface area contributed by atoms with Crippen molar-refractivity contribution in [2.75, 3.05) is 17.2 Å². The van der Waals surface area contributed by atoms with E-state index in [4.69, 9.17) is 9.47 Å². The van der Waals surface area contributed by atoms with Crippen LogP contribution in [-0.4, -0.2) is 58.1 Å². The summed E-state index contributed by atoms with van der Waals surface area (Å²) in [6, 6.07) is 21.7. The van der Waals surface area contributed by atoms with E-state index in [1.165, 1.54) is 16.7 Å². The van der Waals surface area contributed by atoms with Crippen LogP contribution >= 0.6 is 11.8 Å². The lowest BCUT2D eigenvalue weighted by molar-refractivity contribution is -0.670. The number of amides is 3. The van der Waals surface area contributed by atoms with Crippen LogP contribution in [-0.2, 0) is 30.9 Å². The molecule has 0 bridgehead atoms. The molecule has 4 heterocycles. The van der Waals surface area contributed by atoms with Gasteiger partial charge in [-0.1, -0.05) is 60.7 Å². The highest BCUT2D eigenvalue weighted by Gasteiger charge is 2.55. The summed E-state index contributed by atoms with van der Waals surface area (Å²) in [4.78, 5) is 57.2. The minimum Gasteiger partial charge on any atom is -1.00 e. The number of hydrogen-bond acceptors (Lipinski definition) is 7. The molecule has 10 nitrogen and oxygen atoms in total. The second-order valence-electron chi connectivity index (χ2n) is 12.6. The zero-order valence-corrected chi connectivity index (χ0v) is 30.1. The molecule has 2 saturated heterocycles. The lowest BCUT2D eigenvalue weighted by Crippen LogP contribution is -3.00. The lowest BCUT2D eigenvalue weighted by atomic mass is 10.00. The van der Waals surface area contributed by atoms with Crippen molar-refractivity contribution >= 4 is 41.3 Å². The molecule has 0 unspecified atom stereocenters. The van der Waals surface area contributed by atoms with Gasteiger partial charge in [-0.25, -0.2) is 14.2 Å². The number of aromatic nitrogens is 1. The molecule has 12 heteroatoms. The molecule has 0 radical (unpaired) electrons. The zero-order chi connectivity index (χ0) is 33.3. The third-order valence-corrected chi connectivity index (χ3v) is 9.30. The number of β-lactam (4-membered cyclic amide) rings is 1. The highest BCUT2D eigenvalue weighted by Crippen LogP contribution is 2.43. The van der Waals surface area contributed by atoms with Crippen molar-refractivity contribution in [2.45, 2.75) is 50.3 Å². The lowest BCUT2D eigenvalue weighted by Gasteiger charge is -2.49. The van der Waals surface area contributed by atoms with Crippen molar-refractivity contribution in [3.8, 4) is 0 Å². The van der Waals surface area contributed by atoms with Crippen molar-refractivity contribution in [2.24, 2.45) is 7.05 Å². The first-order chi connectivity index (χ1) is 22.5. The van der Waals surface area contributed by atoms with Crippen molar-refractivity contribution in [1.29, 1.82) is 0 Å². The monoisotopic (exact) mass is 780 g/mol. The van der Waals surface area contributed by atoms with E-state index in [1.807, 2.05) is 96.8 Å². The molecule has 48 heavy (non-hydrogen) atoms. The number of carbonyl (C=O) groups excluding carboxylic acids is 4. The van der Waals surface area contributed by atoms with Crippen LogP contribution in [0.5, 0.6) is 0 Å². The van der Waals surface area contributed by atoms with Crippen LogP contribution in [0.15, 0.2) is 108 Å². The Morgan fingerprint density at radius 2 is 1.65 bits per heavy atom. The molecule has 6 rings (SSSR count). The van der Waals surface area contributed by atoms with Gasteiger partial charge in [-0.3, -0.25) is 14.5 Å². The van der Waals surface area contributed by atoms with Crippen LogP contribution in [0.1, 0.15) is 44.4 Å². The summed E-state index contributed by atoms with van der Waals surface area (Å²) in [5.74, 6) is -0.984. The molecule has 0 aliphatic carbocycles. The minimum absolute atomic E-state index is 0. The molecule has 3 amide bonds. The quantitative estimate of drug-likeness (QED) is 0.128. The third kappa shape index (κ3) is 7.44. The van der Waals surface area contributed by atoms with Crippen LogP contribution < -0.4 is 38.8 Å². The summed E-state index contributed by atoms with van der Waals surface area (Å²) < 4.78 is 13.5. The number of fused-ring (bicyclic) bond motifs is 1. The van der Waals surface area contributed by atoms with Crippen LogP contribution in [0.3, 0.4) is 0 Å². The molecule has 2 fully saturated rings. The van der Waals surface area contributed by atoms with Gasteiger partial charge in [-0.05, 0) is 56.0 Å². The van der Waals surface area contributed by atoms with Crippen LogP contribution in [0.2, 0.25) is 0 Å². The largest absolute Gasteiger partial charge is 1.00 e. The number of carbonyl (C=O) groups is 4. The summed E-state index contributed by atoms with van der Waals surface area (Å²) in [5.41, 5.74) is 2.70. The molecule has 2 atom stereocenters. The normalized spacial score (nSPS) is 19.9. The number of hydrogen-bond donors (Lipinski definition) is 1. The van der Waals surface area contributed by atoms with Crippen LogP contribution in [0.25, 0.3) is 0 Å². The second-order valence-corrected chi connectivity index (χ2v) is 13.7. The number of nitrogens with zero attached hydrogens (tertiary/aromatic N) is 3. The van der Waals surface area contributed by atoms with Gasteiger partial charge in [-0.15, -0.1) is 11.8 Å². The van der Waals surface area contributed by atoms with Gasteiger partial charge >= 0.3 is 12.1 Å². The van der Waals surface area contributed by atoms with Crippen LogP contribution in [0, 0.1) is 0 Å². The Kier molecular flexibility index (Phi) is 10.6. The van der Waals surface area contributed by atoms with E-state index in [9.17, 15) is 19.2 Å². The number of benzene rings is 2. The number of ether oxygens (including phenoxy) is 2. The van der Waals surface area contributed by atoms with E-state index in [2.05, 4.69) is 5.32 Å². The minimum atomic E-state index is -0.881. The number of alkyl carbamates (subject to hydrolysis) is 1. The van der Waals surface area contributed by atoms with Gasteiger partial charge < -0.3 is 43.7 Å². The molecule has 3 aromatic rings. The number of nitrogens with one attached hydrogen (secondary N) is 1. The van der Waals surface area contributed by atoms with Gasteiger partial charge in [0.25, 0.3) is 11.8 Å². The molecule has 1 N–H and O–H groups in total. The predicted molar refractivity (Wildman–Crippen MR) is 177 cm³/mol. The summed E-state index contributed by atoms with van der Waals surface area (Å²) in [6.45, 7) is 5.72. The second kappa shape index (κ2) is 14.5. The fourth-order valence-electron chi connectivity index (χ4n) is 5.86. The smallest absolute Gasteiger partial charge is 0.408 e. The van der Waals surface area contributed by atoms with Crippen molar-refractivity contribution in [3.63, 3.8) is 0 Å². The van der Waals surface area contributed by atoms with Gasteiger partial charge in [0, 0.05) is 23.9 Å². The number of pyridine rings is 1. The average molecular weight is 781 g/mol. The third-order valence-electron chi connectivity index (χ3n) is 8.00. The summed E-state index contributed by atoms with van der Waals surface area (Å²) in [6.07, 6.45) is 4.53. The number of halogens is 1. The Labute approximate surface area is 301 Å². The van der Waals surface area contributed by atoms with Crippen molar-refractivity contribution < 1.29 is 57.2 Å². The Morgan fingerprint density at radius 1 is 1.00 bits per heavy atom. The molecule has 3 aliphatic rings. The van der Waals surface area contributed by atoms with Gasteiger partial charge in [0.1, 0.15) is 35.4 Å². The number of rotatable bonds is 7. The first-order valence-electron chi connectivity index (χ1n) is 15.5. The average Bonchev–Trinajstić information content (AvgIpc) is 3.41. The van der Waals surface area contributed by atoms with Gasteiger partial charge in [0.15, 0.2) is 18.5 Å². The first kappa shape index (κ1) is 35.1. The molecular weight excluding hydrogens is 743 g/mol. The topological polar surface area (TPSA) is 109 Å². The maximum absolute atomic E-state index is 14.3. The number of anilines is 1. The highest BCUT2D eigenvalue weighted by molar-refractivity contribution is 8.00. The van der Waals surface area contributed by atoms with E-state index in [0.29, 0.717) is 29.9 Å². The molecular formula is C36H37IN4O6S. The molecule has 0 saturated carbocycles. The number of thioether (sulfide) groups is 1. The fourth-order valence-corrected chi connectivity index (χ4v) is 7.17. The van der Waals surface area contributed by atoms with Gasteiger partial charge in [0.05, 0.1) is 0 Å². The van der Waals surface area contributed by atoms with E-state index >= 15 is 0 Å². The van der Waals surface area contributed by atoms with Crippen LogP contribution in [0.4, 0.5) is 10.5 Å². The molecule has 0 spiro atoms. The first-order valence-corrected chi connectivity index (χ1v) is 16.5. The van der Waals surface area contributed by atoms with E-state index in [0.717, 1.165) is 16.8 Å². The number of allylic oxidation sites excluding steroid dienone is 1. The molecule has 2 aromatic carbocycles. The zero-order valence-electron chi connectivity index (χ0n) is 27.1. The maximum Gasteiger partial charge on any atom is 0.408 e. The maximum atomic E-state index is 14.3. The number of aryl methyl sites for hydroxylation is 1. The Balaban J connectivity index is 0.00000451. The summed E-state index contributed by atoms with van der Waals surface area (Å²) in [5, 5.41) is 2.12. The standard InChI is InChI=1S/C36H36N4O6S.HI/c1-36(2,3)46-35(44)37-28-32(42)40-29(34(43)45-30(23-12-7-5-8-13-23)24-14-9-6-10-15-24)26(22-47-33(28)40)20-25-17-19-39(31(25)41)27-16-11-18-38(4)21-27;/h5-16,18,20-21,28,30,33H,17,19,22H2,1-4H3;1H/t28-,33-;/m1./s1. The van der Waals surface area contributed by atoms with Crippen molar-refractivity contribution in [3.05, 3.63) is 119 Å². The fraction of sp³-hybridized carbons (Fsp3) is 0.306. The van der Waals surface area contributed by atoms with E-state index in [-0.39, 0.29) is 35.6 Å². The van der Waals surface area contributed by atoms with Gasteiger partial charge in [-0.2, -0.15) is 0 Å². The summed E-state index contributed by atoms with van der Waals surface area (Å²) >= 11 is 1.41. The predicted octanol–water partition coefficient (Wildman–Crippen LogP) is 1.57. The molecule has 250 valence electrons.